The minimum absolute atomic E-state index is 0.904. The molecule has 0 spiro atoms. The second kappa shape index (κ2) is 5.22. The van der Waals surface area contributed by atoms with Crippen molar-refractivity contribution in [3.8, 4) is 0 Å². The summed E-state index contributed by atoms with van der Waals surface area (Å²) in [5.74, 6) is 0. The van der Waals surface area contributed by atoms with Crippen LogP contribution in [0.25, 0.3) is 12.2 Å². The van der Waals surface area contributed by atoms with Crippen molar-refractivity contribution in [1.29, 1.82) is 0 Å². The third-order valence-corrected chi connectivity index (χ3v) is 4.58. The normalized spacial score (nSPS) is 14.7. The molecule has 1 heteroatoms. The number of aryl methyl sites for hydroxylation is 1. The molecule has 1 nitrogen and oxygen atoms in total. The Balaban J connectivity index is 2.10. The molecule has 0 radical (unpaired) electrons. The Morgan fingerprint density at radius 3 is 1.83 bits per heavy atom. The van der Waals surface area contributed by atoms with Gasteiger partial charge in [0.1, 0.15) is 5.60 Å². The fourth-order valence-corrected chi connectivity index (χ4v) is 3.45. The molecule has 0 heterocycles. The zero-order chi connectivity index (χ0) is 15.9. The lowest BCUT2D eigenvalue weighted by atomic mass is 9.77. The molecule has 0 aliphatic heterocycles. The Morgan fingerprint density at radius 2 is 1.26 bits per heavy atom. The van der Waals surface area contributed by atoms with Crippen LogP contribution in [-0.4, -0.2) is 5.11 Å². The Kier molecular flexibility index (Phi) is 3.17. The van der Waals surface area contributed by atoms with Gasteiger partial charge in [-0.1, -0.05) is 90.5 Å². The minimum Gasteiger partial charge on any atom is -0.376 e. The second-order valence-electron chi connectivity index (χ2n) is 6.09. The molecule has 1 N–H and O–H groups in total. The lowest BCUT2D eigenvalue weighted by molar-refractivity contribution is 0.125. The average Bonchev–Trinajstić information content (AvgIpc) is 2.72. The first kappa shape index (κ1) is 14.0. The highest BCUT2D eigenvalue weighted by Crippen LogP contribution is 2.42. The van der Waals surface area contributed by atoms with Crippen LogP contribution in [0.5, 0.6) is 0 Å². The first-order valence-electron chi connectivity index (χ1n) is 7.86. The maximum atomic E-state index is 11.9. The summed E-state index contributed by atoms with van der Waals surface area (Å²) in [6.07, 6.45) is 4.17. The third kappa shape index (κ3) is 2.13. The van der Waals surface area contributed by atoms with Crippen LogP contribution in [0.3, 0.4) is 0 Å². The number of rotatable bonds is 1. The lowest BCUT2D eigenvalue weighted by Crippen LogP contribution is -2.30. The Morgan fingerprint density at radius 1 is 0.696 bits per heavy atom. The van der Waals surface area contributed by atoms with Crippen molar-refractivity contribution in [2.45, 2.75) is 12.5 Å². The SMILES string of the molecule is Cc1cccc(C2(O)c3ccccc3C=Cc3ccccc32)c1. The number of hydrogen-bond acceptors (Lipinski definition) is 1. The molecular weight excluding hydrogens is 280 g/mol. The van der Waals surface area contributed by atoms with Gasteiger partial charge in [-0.25, -0.2) is 0 Å². The number of benzene rings is 3. The van der Waals surface area contributed by atoms with Gasteiger partial charge in [-0.05, 0) is 34.7 Å². The van der Waals surface area contributed by atoms with Gasteiger partial charge in [-0.15, -0.1) is 0 Å². The number of aliphatic hydroxyl groups is 1. The number of fused-ring (bicyclic) bond motifs is 2. The van der Waals surface area contributed by atoms with Crippen LogP contribution in [0.4, 0.5) is 0 Å². The molecule has 0 bridgehead atoms. The van der Waals surface area contributed by atoms with E-state index in [2.05, 4.69) is 43.3 Å². The van der Waals surface area contributed by atoms with Crippen LogP contribution >= 0.6 is 0 Å². The molecule has 0 amide bonds. The standard InChI is InChI=1S/C22H18O/c1-16-7-6-10-19(15-16)22(23)20-11-4-2-8-17(20)13-14-18-9-3-5-12-21(18)22/h2-15,23H,1H3. The van der Waals surface area contributed by atoms with E-state index in [4.69, 9.17) is 0 Å². The Labute approximate surface area is 136 Å². The molecule has 23 heavy (non-hydrogen) atoms. The van der Waals surface area contributed by atoms with E-state index in [9.17, 15) is 5.11 Å². The Bertz CT molecular complexity index is 856. The molecule has 0 saturated heterocycles. The molecule has 112 valence electrons. The van der Waals surface area contributed by atoms with E-state index in [1.54, 1.807) is 0 Å². The molecule has 3 aromatic rings. The van der Waals surface area contributed by atoms with Crippen LogP contribution in [0.15, 0.2) is 72.8 Å². The lowest BCUT2D eigenvalue weighted by Gasteiger charge is -2.32. The summed E-state index contributed by atoms with van der Waals surface area (Å²) in [5, 5.41) is 11.9. The van der Waals surface area contributed by atoms with Gasteiger partial charge in [0.15, 0.2) is 0 Å². The maximum Gasteiger partial charge on any atom is 0.141 e. The van der Waals surface area contributed by atoms with E-state index in [1.165, 1.54) is 0 Å². The van der Waals surface area contributed by atoms with Gasteiger partial charge in [-0.3, -0.25) is 0 Å². The first-order chi connectivity index (χ1) is 11.2. The summed E-state index contributed by atoms with van der Waals surface area (Å²) in [6.45, 7) is 2.06. The van der Waals surface area contributed by atoms with Crippen LogP contribution in [0, 0.1) is 6.92 Å². The average molecular weight is 298 g/mol. The minimum atomic E-state index is -1.15. The van der Waals surface area contributed by atoms with E-state index in [-0.39, 0.29) is 0 Å². The zero-order valence-electron chi connectivity index (χ0n) is 13.0. The van der Waals surface area contributed by atoms with Crippen LogP contribution in [-0.2, 0) is 5.60 Å². The molecule has 0 atom stereocenters. The molecule has 0 aromatic heterocycles. The van der Waals surface area contributed by atoms with Crippen molar-refractivity contribution in [3.63, 3.8) is 0 Å². The predicted octanol–water partition coefficient (Wildman–Crippen LogP) is 4.76. The van der Waals surface area contributed by atoms with Crippen LogP contribution < -0.4 is 0 Å². The van der Waals surface area contributed by atoms with E-state index in [1.807, 2.05) is 48.5 Å². The molecule has 0 saturated carbocycles. The molecular formula is C22H18O. The molecule has 1 aliphatic rings. The monoisotopic (exact) mass is 298 g/mol. The van der Waals surface area contributed by atoms with E-state index < -0.39 is 5.60 Å². The van der Waals surface area contributed by atoms with Crippen molar-refractivity contribution in [2.75, 3.05) is 0 Å². The third-order valence-electron chi connectivity index (χ3n) is 4.58. The molecule has 0 fully saturated rings. The van der Waals surface area contributed by atoms with E-state index in [0.717, 1.165) is 33.4 Å². The predicted molar refractivity (Wildman–Crippen MR) is 95.1 cm³/mol. The van der Waals surface area contributed by atoms with Gasteiger partial charge >= 0.3 is 0 Å². The topological polar surface area (TPSA) is 20.2 Å². The van der Waals surface area contributed by atoms with Crippen molar-refractivity contribution < 1.29 is 5.11 Å². The molecule has 4 rings (SSSR count). The first-order valence-corrected chi connectivity index (χ1v) is 7.86. The fourth-order valence-electron chi connectivity index (χ4n) is 3.45. The highest BCUT2D eigenvalue weighted by atomic mass is 16.3. The summed E-state index contributed by atoms with van der Waals surface area (Å²) < 4.78 is 0. The van der Waals surface area contributed by atoms with Crippen molar-refractivity contribution >= 4 is 12.2 Å². The summed E-state index contributed by atoms with van der Waals surface area (Å²) >= 11 is 0. The fraction of sp³-hybridized carbons (Fsp3) is 0.0909. The summed E-state index contributed by atoms with van der Waals surface area (Å²) in [6, 6.07) is 24.3. The van der Waals surface area contributed by atoms with Crippen molar-refractivity contribution in [1.82, 2.24) is 0 Å². The van der Waals surface area contributed by atoms with E-state index in [0.29, 0.717) is 0 Å². The largest absolute Gasteiger partial charge is 0.376 e. The van der Waals surface area contributed by atoms with Crippen molar-refractivity contribution in [2.24, 2.45) is 0 Å². The van der Waals surface area contributed by atoms with Crippen molar-refractivity contribution in [3.05, 3.63) is 106 Å². The van der Waals surface area contributed by atoms with Gasteiger partial charge in [0, 0.05) is 0 Å². The second-order valence-corrected chi connectivity index (χ2v) is 6.09. The Hall–Kier alpha value is -2.64. The summed E-state index contributed by atoms with van der Waals surface area (Å²) in [4.78, 5) is 0. The smallest absolute Gasteiger partial charge is 0.141 e. The number of hydrogen-bond donors (Lipinski definition) is 1. The molecule has 1 aliphatic carbocycles. The zero-order valence-corrected chi connectivity index (χ0v) is 13.0. The highest BCUT2D eigenvalue weighted by molar-refractivity contribution is 5.78. The van der Waals surface area contributed by atoms with Crippen LogP contribution in [0.1, 0.15) is 33.4 Å². The summed E-state index contributed by atoms with van der Waals surface area (Å²) in [5.41, 5.74) is 4.84. The molecule has 3 aromatic carbocycles. The van der Waals surface area contributed by atoms with Gasteiger partial charge in [0.2, 0.25) is 0 Å². The van der Waals surface area contributed by atoms with Gasteiger partial charge < -0.3 is 5.11 Å². The molecule has 0 unspecified atom stereocenters. The van der Waals surface area contributed by atoms with Gasteiger partial charge in [-0.2, -0.15) is 0 Å². The van der Waals surface area contributed by atoms with E-state index >= 15 is 0 Å². The highest BCUT2D eigenvalue weighted by Gasteiger charge is 2.37. The van der Waals surface area contributed by atoms with Gasteiger partial charge in [0.25, 0.3) is 0 Å². The summed E-state index contributed by atoms with van der Waals surface area (Å²) in [7, 11) is 0. The maximum absolute atomic E-state index is 11.9. The van der Waals surface area contributed by atoms with Crippen LogP contribution in [0.2, 0.25) is 0 Å². The van der Waals surface area contributed by atoms with Gasteiger partial charge in [0.05, 0.1) is 0 Å². The quantitative estimate of drug-likeness (QED) is 0.686.